The average Bonchev–Trinajstić information content (AvgIpc) is 3.03. The quantitative estimate of drug-likeness (QED) is 0.454. The van der Waals surface area contributed by atoms with Crippen LogP contribution < -0.4 is 5.32 Å². The van der Waals surface area contributed by atoms with E-state index in [2.05, 4.69) is 20.1 Å². The third kappa shape index (κ3) is 4.65. The number of benzene rings is 1. The number of aromatic nitrogens is 3. The van der Waals surface area contributed by atoms with Crippen LogP contribution in [0.5, 0.6) is 0 Å². The minimum absolute atomic E-state index is 0.0452. The average molecular weight is 389 g/mol. The Labute approximate surface area is 161 Å². The lowest BCUT2D eigenvalue weighted by molar-refractivity contribution is -0.384. The topological polar surface area (TPSA) is 103 Å². The molecule has 0 radical (unpaired) electrons. The molecule has 9 heteroatoms. The highest BCUT2D eigenvalue weighted by Crippen LogP contribution is 2.32. The molecule has 1 aromatic heterocycles. The number of non-ortho nitro benzene ring substituents is 1. The van der Waals surface area contributed by atoms with E-state index in [0.29, 0.717) is 11.7 Å². The number of nitro groups is 1. The number of aryl methyl sites for hydroxylation is 2. The van der Waals surface area contributed by atoms with E-state index in [-0.39, 0.29) is 17.3 Å². The first-order chi connectivity index (χ1) is 13.0. The molecule has 1 saturated carbocycles. The van der Waals surface area contributed by atoms with Gasteiger partial charge in [0.1, 0.15) is 5.82 Å². The van der Waals surface area contributed by atoms with E-state index in [1.165, 1.54) is 43.2 Å². The number of amides is 1. The zero-order valence-electron chi connectivity index (χ0n) is 15.5. The molecule has 1 amide bonds. The molecule has 0 saturated heterocycles. The maximum atomic E-state index is 12.4. The zero-order chi connectivity index (χ0) is 19.4. The van der Waals surface area contributed by atoms with Gasteiger partial charge in [-0.25, -0.2) is 0 Å². The summed E-state index contributed by atoms with van der Waals surface area (Å²) in [4.78, 5) is 22.8. The van der Waals surface area contributed by atoms with Crippen LogP contribution in [0.3, 0.4) is 0 Å². The third-order valence-corrected chi connectivity index (χ3v) is 5.76. The summed E-state index contributed by atoms with van der Waals surface area (Å²) in [6.45, 7) is 3.74. The molecule has 1 aromatic carbocycles. The lowest BCUT2D eigenvalue weighted by Crippen LogP contribution is -2.18. The van der Waals surface area contributed by atoms with Gasteiger partial charge < -0.3 is 9.88 Å². The second-order valence-corrected chi connectivity index (χ2v) is 7.73. The Hall–Kier alpha value is -2.42. The summed E-state index contributed by atoms with van der Waals surface area (Å²) < 4.78 is 2.15. The van der Waals surface area contributed by atoms with Crippen molar-refractivity contribution >= 4 is 29.0 Å². The first kappa shape index (κ1) is 19.3. The van der Waals surface area contributed by atoms with E-state index < -0.39 is 4.92 Å². The first-order valence-corrected chi connectivity index (χ1v) is 10.0. The van der Waals surface area contributed by atoms with Crippen LogP contribution in [-0.4, -0.2) is 31.3 Å². The fourth-order valence-corrected chi connectivity index (χ4v) is 4.23. The summed E-state index contributed by atoms with van der Waals surface area (Å²) in [6, 6.07) is 4.84. The largest absolute Gasteiger partial charge is 0.325 e. The Morgan fingerprint density at radius 1 is 1.30 bits per heavy atom. The minimum atomic E-state index is -0.473. The van der Waals surface area contributed by atoms with Crippen LogP contribution in [0, 0.1) is 24.0 Å². The molecule has 0 bridgehead atoms. The summed E-state index contributed by atoms with van der Waals surface area (Å²) >= 11 is 1.35. The van der Waals surface area contributed by atoms with Gasteiger partial charge in [0.05, 0.1) is 16.4 Å². The molecule has 27 heavy (non-hydrogen) atoms. The van der Waals surface area contributed by atoms with E-state index in [0.717, 1.165) is 29.4 Å². The summed E-state index contributed by atoms with van der Waals surface area (Å²) in [6.07, 6.45) is 5.92. The van der Waals surface area contributed by atoms with E-state index in [1.807, 2.05) is 6.92 Å². The number of nitrogens with one attached hydrogen (secondary N) is 1. The van der Waals surface area contributed by atoms with Crippen LogP contribution in [0.4, 0.5) is 11.4 Å². The van der Waals surface area contributed by atoms with Crippen molar-refractivity contribution in [2.75, 3.05) is 11.1 Å². The maximum absolute atomic E-state index is 12.4. The normalized spacial score (nSPS) is 14.9. The van der Waals surface area contributed by atoms with Crippen molar-refractivity contribution < 1.29 is 9.72 Å². The van der Waals surface area contributed by atoms with Crippen molar-refractivity contribution in [2.24, 2.45) is 0 Å². The molecule has 2 aromatic rings. The van der Waals surface area contributed by atoms with Crippen molar-refractivity contribution in [3.63, 3.8) is 0 Å². The monoisotopic (exact) mass is 389 g/mol. The Bertz CT molecular complexity index is 846. The van der Waals surface area contributed by atoms with Gasteiger partial charge in [0.25, 0.3) is 5.69 Å². The van der Waals surface area contributed by atoms with Crippen LogP contribution in [0.15, 0.2) is 23.4 Å². The highest BCUT2D eigenvalue weighted by atomic mass is 32.2. The van der Waals surface area contributed by atoms with Gasteiger partial charge in [-0.3, -0.25) is 14.9 Å². The van der Waals surface area contributed by atoms with Crippen molar-refractivity contribution in [3.05, 3.63) is 39.7 Å². The van der Waals surface area contributed by atoms with Crippen LogP contribution in [0.1, 0.15) is 49.5 Å². The number of carbonyl (C=O) groups is 1. The van der Waals surface area contributed by atoms with Crippen LogP contribution in [-0.2, 0) is 4.79 Å². The number of anilines is 1. The molecule has 1 aliphatic rings. The smallest absolute Gasteiger partial charge is 0.271 e. The molecular formula is C18H23N5O3S. The molecule has 1 fully saturated rings. The van der Waals surface area contributed by atoms with Crippen molar-refractivity contribution in [1.82, 2.24) is 14.8 Å². The number of carbonyl (C=O) groups excluding carboxylic acids is 1. The molecule has 0 unspecified atom stereocenters. The van der Waals surface area contributed by atoms with Crippen molar-refractivity contribution in [2.45, 2.75) is 57.1 Å². The number of rotatable bonds is 6. The molecule has 8 nitrogen and oxygen atoms in total. The van der Waals surface area contributed by atoms with Gasteiger partial charge in [-0.15, -0.1) is 10.2 Å². The Kier molecular flexibility index (Phi) is 6.10. The van der Waals surface area contributed by atoms with E-state index in [9.17, 15) is 14.9 Å². The molecule has 1 N–H and O–H groups in total. The fraction of sp³-hybridized carbons (Fsp3) is 0.500. The second kappa shape index (κ2) is 8.51. The Balaban J connectivity index is 1.65. The van der Waals surface area contributed by atoms with Gasteiger partial charge in [-0.05, 0) is 32.3 Å². The highest BCUT2D eigenvalue weighted by Gasteiger charge is 2.22. The van der Waals surface area contributed by atoms with Gasteiger partial charge in [-0.1, -0.05) is 37.1 Å². The Morgan fingerprint density at radius 3 is 2.74 bits per heavy atom. The van der Waals surface area contributed by atoms with Crippen LogP contribution in [0.25, 0.3) is 0 Å². The lowest BCUT2D eigenvalue weighted by atomic mass is 9.95. The van der Waals surface area contributed by atoms with E-state index >= 15 is 0 Å². The molecule has 3 rings (SSSR count). The summed E-state index contributed by atoms with van der Waals surface area (Å²) in [5, 5.41) is 22.9. The van der Waals surface area contributed by atoms with Crippen LogP contribution >= 0.6 is 11.8 Å². The van der Waals surface area contributed by atoms with E-state index in [1.54, 1.807) is 13.0 Å². The fourth-order valence-electron chi connectivity index (χ4n) is 3.38. The molecule has 1 heterocycles. The lowest BCUT2D eigenvalue weighted by Gasteiger charge is -2.24. The van der Waals surface area contributed by atoms with Gasteiger partial charge in [-0.2, -0.15) is 0 Å². The minimum Gasteiger partial charge on any atom is -0.325 e. The molecule has 0 aliphatic heterocycles. The molecule has 0 spiro atoms. The molecule has 144 valence electrons. The summed E-state index contributed by atoms with van der Waals surface area (Å²) in [5.41, 5.74) is 1.19. The zero-order valence-corrected chi connectivity index (χ0v) is 16.3. The second-order valence-electron chi connectivity index (χ2n) is 6.78. The maximum Gasteiger partial charge on any atom is 0.271 e. The summed E-state index contributed by atoms with van der Waals surface area (Å²) in [7, 11) is 0. The number of nitrogens with zero attached hydrogens (tertiary/aromatic N) is 4. The molecule has 1 aliphatic carbocycles. The highest BCUT2D eigenvalue weighted by molar-refractivity contribution is 7.99. The SMILES string of the molecule is Cc1ccc([N+](=O)[O-])cc1NC(=O)CSc1nnc(C)n1C1CCCCC1. The van der Waals surface area contributed by atoms with Crippen molar-refractivity contribution in [1.29, 1.82) is 0 Å². The number of hydrogen-bond donors (Lipinski definition) is 1. The van der Waals surface area contributed by atoms with Gasteiger partial charge in [0, 0.05) is 18.2 Å². The van der Waals surface area contributed by atoms with Crippen molar-refractivity contribution in [3.8, 4) is 0 Å². The van der Waals surface area contributed by atoms with Crippen LogP contribution in [0.2, 0.25) is 0 Å². The predicted octanol–water partition coefficient (Wildman–Crippen LogP) is 4.04. The van der Waals surface area contributed by atoms with E-state index in [4.69, 9.17) is 0 Å². The van der Waals surface area contributed by atoms with Gasteiger partial charge in [0.2, 0.25) is 5.91 Å². The first-order valence-electron chi connectivity index (χ1n) is 9.05. The third-order valence-electron chi connectivity index (χ3n) is 4.81. The Morgan fingerprint density at radius 2 is 2.04 bits per heavy atom. The molecule has 0 atom stereocenters. The predicted molar refractivity (Wildman–Crippen MR) is 104 cm³/mol. The number of hydrogen-bond acceptors (Lipinski definition) is 6. The molecular weight excluding hydrogens is 366 g/mol. The standard InChI is InChI=1S/C18H23N5O3S/c1-12-8-9-15(23(25)26)10-16(12)19-17(24)11-27-18-21-20-13(2)22(18)14-6-4-3-5-7-14/h8-10,14H,3-7,11H2,1-2H3,(H,19,24). The summed E-state index contributed by atoms with van der Waals surface area (Å²) in [5.74, 6) is 0.825. The number of thioether (sulfide) groups is 1. The van der Waals surface area contributed by atoms with Gasteiger partial charge >= 0.3 is 0 Å². The number of nitro benzene ring substituents is 1. The van der Waals surface area contributed by atoms with Gasteiger partial charge in [0.15, 0.2) is 5.16 Å².